The van der Waals surface area contributed by atoms with Crippen LogP contribution in [-0.4, -0.2) is 21.5 Å². The lowest BCUT2D eigenvalue weighted by Gasteiger charge is -2.40. The molecule has 7 rings (SSSR count). The molecule has 1 aromatic heterocycles. The molecule has 0 aliphatic carbocycles. The van der Waals surface area contributed by atoms with Gasteiger partial charge in [0, 0.05) is 21.3 Å². The van der Waals surface area contributed by atoms with Crippen LogP contribution in [0.25, 0.3) is 5.69 Å². The fraction of sp³-hybridized carbons (Fsp3) is 0.0645. The van der Waals surface area contributed by atoms with Crippen LogP contribution in [-0.2, 0) is 0 Å². The van der Waals surface area contributed by atoms with Crippen LogP contribution in [0.1, 0.15) is 22.9 Å². The fourth-order valence-corrected chi connectivity index (χ4v) is 5.63. The van der Waals surface area contributed by atoms with E-state index < -0.39 is 0 Å². The number of aromatic nitrogens is 2. The number of halogens is 2. The Bertz CT molecular complexity index is 1790. The van der Waals surface area contributed by atoms with Crippen molar-refractivity contribution in [1.82, 2.24) is 9.78 Å². The van der Waals surface area contributed by atoms with E-state index in [2.05, 4.69) is 22.3 Å². The van der Waals surface area contributed by atoms with Gasteiger partial charge in [-0.05, 0) is 67.1 Å². The molecule has 190 valence electrons. The summed E-state index contributed by atoms with van der Waals surface area (Å²) in [6.45, 7) is 2.03. The second-order valence-corrected chi connectivity index (χ2v) is 10.3. The van der Waals surface area contributed by atoms with E-state index in [4.69, 9.17) is 38.3 Å². The Kier molecular flexibility index (Phi) is 5.72. The molecule has 0 saturated carbocycles. The molecule has 0 amide bonds. The van der Waals surface area contributed by atoms with Gasteiger partial charge in [0.15, 0.2) is 17.5 Å². The Morgan fingerprint density at radius 2 is 1.51 bits per heavy atom. The van der Waals surface area contributed by atoms with Gasteiger partial charge in [0.2, 0.25) is 0 Å². The Hall–Kier alpha value is -4.39. The van der Waals surface area contributed by atoms with Crippen LogP contribution in [0.4, 0.5) is 22.9 Å². The molecule has 3 heterocycles. The van der Waals surface area contributed by atoms with E-state index in [0.717, 1.165) is 45.4 Å². The fourth-order valence-electron chi connectivity index (χ4n) is 5.24. The summed E-state index contributed by atoms with van der Waals surface area (Å²) in [5, 5.41) is 9.75. The largest absolute Gasteiger partial charge is 0.337 e. The third-order valence-electron chi connectivity index (χ3n) is 6.89. The van der Waals surface area contributed by atoms with E-state index in [1.807, 2.05) is 103 Å². The number of nitrogens with one attached hydrogen (secondary N) is 1. The maximum Gasteiger partial charge on any atom is 0.179 e. The van der Waals surface area contributed by atoms with Crippen LogP contribution in [0.15, 0.2) is 113 Å². The average molecular weight is 549 g/mol. The van der Waals surface area contributed by atoms with Crippen LogP contribution < -0.4 is 10.2 Å². The van der Waals surface area contributed by atoms with E-state index in [-0.39, 0.29) is 6.04 Å². The highest BCUT2D eigenvalue weighted by Crippen LogP contribution is 2.48. The van der Waals surface area contributed by atoms with Gasteiger partial charge in [-0.2, -0.15) is 5.10 Å². The predicted octanol–water partition coefficient (Wildman–Crippen LogP) is 8.28. The number of para-hydroxylation sites is 3. The van der Waals surface area contributed by atoms with Crippen molar-refractivity contribution in [2.45, 2.75) is 13.0 Å². The number of aryl methyl sites for hydroxylation is 1. The lowest BCUT2D eigenvalue weighted by atomic mass is 9.93. The molecule has 6 nitrogen and oxygen atoms in total. The topological polar surface area (TPSA) is 57.8 Å². The maximum absolute atomic E-state index is 6.54. The van der Waals surface area contributed by atoms with Gasteiger partial charge in [0.05, 0.1) is 28.8 Å². The predicted molar refractivity (Wildman–Crippen MR) is 160 cm³/mol. The molecule has 0 spiro atoms. The molecular formula is C31H22Cl2N6. The zero-order valence-electron chi connectivity index (χ0n) is 20.9. The van der Waals surface area contributed by atoms with Gasteiger partial charge >= 0.3 is 0 Å². The van der Waals surface area contributed by atoms with Crippen LogP contribution >= 0.6 is 23.2 Å². The first kappa shape index (κ1) is 23.7. The summed E-state index contributed by atoms with van der Waals surface area (Å²) in [6.07, 6.45) is 0. The summed E-state index contributed by atoms with van der Waals surface area (Å²) in [4.78, 5) is 12.5. The normalized spacial score (nSPS) is 15.6. The smallest absolute Gasteiger partial charge is 0.179 e. The molecule has 2 aliphatic rings. The first-order valence-corrected chi connectivity index (χ1v) is 13.3. The number of hydrogen-bond acceptors (Lipinski definition) is 5. The van der Waals surface area contributed by atoms with Crippen molar-refractivity contribution < 1.29 is 0 Å². The Balaban J connectivity index is 1.51. The summed E-state index contributed by atoms with van der Waals surface area (Å²) in [5.74, 6) is 2.06. The van der Waals surface area contributed by atoms with Crippen molar-refractivity contribution in [2.24, 2.45) is 9.98 Å². The molecule has 0 fully saturated rings. The van der Waals surface area contributed by atoms with Gasteiger partial charge in [-0.15, -0.1) is 0 Å². The van der Waals surface area contributed by atoms with Gasteiger partial charge < -0.3 is 10.2 Å². The number of hydrogen-bond donors (Lipinski definition) is 1. The molecule has 5 aromatic rings. The van der Waals surface area contributed by atoms with Gasteiger partial charge in [-0.25, -0.2) is 14.7 Å². The van der Waals surface area contributed by atoms with E-state index in [9.17, 15) is 0 Å². The number of aliphatic imine (C=N–C) groups is 2. The van der Waals surface area contributed by atoms with Crippen molar-refractivity contribution >= 4 is 57.8 Å². The molecular weight excluding hydrogens is 527 g/mol. The standard InChI is InChI=1S/C31H22Cl2N6/c1-19-27-28(20-9-7-10-21(32)17-20)38-26-16-6-5-15-25(26)35-29(34-23-12-8-11-22(33)18-23)31(38)36-30(27)39(37-19)24-13-3-2-4-14-24/h2-18,28H,1H3,(H,34,35). The van der Waals surface area contributed by atoms with E-state index in [0.29, 0.717) is 21.7 Å². The van der Waals surface area contributed by atoms with Gasteiger partial charge in [0.25, 0.3) is 0 Å². The molecule has 0 bridgehead atoms. The van der Waals surface area contributed by atoms with Crippen LogP contribution in [0.3, 0.4) is 0 Å². The monoisotopic (exact) mass is 548 g/mol. The minimum absolute atomic E-state index is 0.239. The summed E-state index contributed by atoms with van der Waals surface area (Å²) in [5.41, 5.74) is 6.49. The van der Waals surface area contributed by atoms with Crippen LogP contribution in [0, 0.1) is 6.92 Å². The van der Waals surface area contributed by atoms with Crippen molar-refractivity contribution in [3.8, 4) is 5.69 Å². The minimum Gasteiger partial charge on any atom is -0.337 e. The molecule has 4 aromatic carbocycles. The minimum atomic E-state index is -0.239. The molecule has 1 N–H and O–H groups in total. The summed E-state index contributed by atoms with van der Waals surface area (Å²) < 4.78 is 1.91. The van der Waals surface area contributed by atoms with E-state index >= 15 is 0 Å². The number of rotatable bonds is 3. The third-order valence-corrected chi connectivity index (χ3v) is 7.36. The second kappa shape index (κ2) is 9.42. The maximum atomic E-state index is 6.54. The average Bonchev–Trinajstić information content (AvgIpc) is 3.28. The van der Waals surface area contributed by atoms with E-state index in [1.54, 1.807) is 0 Å². The lowest BCUT2D eigenvalue weighted by molar-refractivity contribution is 0.815. The molecule has 39 heavy (non-hydrogen) atoms. The molecule has 1 unspecified atom stereocenters. The van der Waals surface area contributed by atoms with E-state index in [1.165, 1.54) is 0 Å². The SMILES string of the molecule is Cc1nn(-c2ccccc2)c2c1C(c1cccc(Cl)c1)N1C(=N2)C(Nc2cccc(Cl)c2)=Nc2ccccc21. The van der Waals surface area contributed by atoms with Crippen molar-refractivity contribution in [1.29, 1.82) is 0 Å². The number of amidine groups is 2. The van der Waals surface area contributed by atoms with Crippen molar-refractivity contribution in [3.05, 3.63) is 130 Å². The lowest BCUT2D eigenvalue weighted by Crippen LogP contribution is -2.46. The Morgan fingerprint density at radius 1 is 0.769 bits per heavy atom. The second-order valence-electron chi connectivity index (χ2n) is 9.42. The zero-order valence-corrected chi connectivity index (χ0v) is 22.4. The number of anilines is 2. The first-order valence-electron chi connectivity index (χ1n) is 12.6. The van der Waals surface area contributed by atoms with Crippen molar-refractivity contribution in [3.63, 3.8) is 0 Å². The highest BCUT2D eigenvalue weighted by atomic mass is 35.5. The van der Waals surface area contributed by atoms with Crippen LogP contribution in [0.2, 0.25) is 10.0 Å². The summed E-state index contributed by atoms with van der Waals surface area (Å²) in [6, 6.07) is 33.5. The molecule has 2 aliphatic heterocycles. The first-order chi connectivity index (χ1) is 19.1. The molecule has 0 radical (unpaired) electrons. The summed E-state index contributed by atoms with van der Waals surface area (Å²) >= 11 is 12.9. The van der Waals surface area contributed by atoms with Crippen molar-refractivity contribution in [2.75, 3.05) is 10.2 Å². The Morgan fingerprint density at radius 3 is 2.31 bits per heavy atom. The van der Waals surface area contributed by atoms with Crippen LogP contribution in [0.5, 0.6) is 0 Å². The zero-order chi connectivity index (χ0) is 26.5. The quantitative estimate of drug-likeness (QED) is 0.246. The Labute approximate surface area is 235 Å². The molecule has 0 saturated heterocycles. The van der Waals surface area contributed by atoms with Gasteiger partial charge in [-0.1, -0.05) is 71.7 Å². The number of nitrogens with zero attached hydrogens (tertiary/aromatic N) is 5. The van der Waals surface area contributed by atoms with Gasteiger partial charge in [-0.3, -0.25) is 0 Å². The summed E-state index contributed by atoms with van der Waals surface area (Å²) in [7, 11) is 0. The number of fused-ring (bicyclic) bond motifs is 4. The highest BCUT2D eigenvalue weighted by molar-refractivity contribution is 6.51. The molecule has 8 heteroatoms. The van der Waals surface area contributed by atoms with Gasteiger partial charge in [0.1, 0.15) is 0 Å². The number of benzene rings is 4. The highest BCUT2D eigenvalue weighted by Gasteiger charge is 2.41. The third kappa shape index (κ3) is 4.09. The molecule has 1 atom stereocenters.